The predicted octanol–water partition coefficient (Wildman–Crippen LogP) is 3.79. The summed E-state index contributed by atoms with van der Waals surface area (Å²) in [4.78, 5) is 12.0. The van der Waals surface area contributed by atoms with Gasteiger partial charge in [0.05, 0.1) is 0 Å². The van der Waals surface area contributed by atoms with Crippen LogP contribution in [0.4, 0.5) is 5.82 Å². The third-order valence-electron chi connectivity index (χ3n) is 5.32. The molecule has 8 nitrogen and oxygen atoms in total. The molecule has 2 aromatic heterocycles. The molecule has 2 aromatic carbocycles. The zero-order valence-corrected chi connectivity index (χ0v) is 18.9. The summed E-state index contributed by atoms with van der Waals surface area (Å²) in [6.07, 6.45) is 0. The first-order valence-corrected chi connectivity index (χ1v) is 10.8. The number of fused-ring (bicyclic) bond motifs is 1. The molecule has 0 saturated carbocycles. The molecule has 0 bridgehead atoms. The van der Waals surface area contributed by atoms with Gasteiger partial charge in [-0.15, -0.1) is 0 Å². The van der Waals surface area contributed by atoms with Gasteiger partial charge in [0.1, 0.15) is 0 Å². The molecule has 4 aromatic rings. The van der Waals surface area contributed by atoms with Crippen LogP contribution in [0.1, 0.15) is 27.3 Å². The van der Waals surface area contributed by atoms with Gasteiger partial charge in [-0.25, -0.2) is 4.63 Å². The lowest BCUT2D eigenvalue weighted by molar-refractivity contribution is 0.0944. The van der Waals surface area contributed by atoms with Crippen molar-refractivity contribution < 1.29 is 9.42 Å². The molecule has 0 unspecified atom stereocenters. The summed E-state index contributed by atoms with van der Waals surface area (Å²) in [5.74, 6) is -0.446. The number of anilines is 1. The fraction of sp³-hybridized carbons (Fsp3) is 0.227. The Labute approximate surface area is 194 Å². The number of nitrogen functional groups attached to an aromatic ring is 1. The Hall–Kier alpha value is -3.07. The molecule has 166 valence electrons. The predicted molar refractivity (Wildman–Crippen MR) is 125 cm³/mol. The number of carbonyl (C=O) groups is 1. The summed E-state index contributed by atoms with van der Waals surface area (Å²) < 4.78 is 6.70. The first-order valence-electron chi connectivity index (χ1n) is 10.0. The van der Waals surface area contributed by atoms with Crippen LogP contribution in [-0.4, -0.2) is 33.9 Å². The lowest BCUT2D eigenvalue weighted by Gasteiger charge is -2.11. The molecule has 0 saturated heterocycles. The van der Waals surface area contributed by atoms with Gasteiger partial charge in [0.15, 0.2) is 0 Å². The topological polar surface area (TPSA) is 111 Å². The monoisotopic (exact) mass is 472 g/mol. The number of para-hydroxylation sites is 1. The molecule has 0 atom stereocenters. The van der Waals surface area contributed by atoms with Crippen LogP contribution in [0.3, 0.4) is 0 Å². The lowest BCUT2D eigenvalue weighted by atomic mass is 10.1. The van der Waals surface area contributed by atoms with Crippen molar-refractivity contribution in [2.24, 2.45) is 0 Å². The summed E-state index contributed by atoms with van der Waals surface area (Å²) in [7, 11) is 0. The summed E-state index contributed by atoms with van der Waals surface area (Å²) in [5.41, 5.74) is 10.0. The van der Waals surface area contributed by atoms with Gasteiger partial charge in [-0.05, 0) is 46.6 Å². The van der Waals surface area contributed by atoms with Crippen LogP contribution >= 0.6 is 23.2 Å². The minimum Gasteiger partial charge on any atom is -0.379 e. The number of carbonyl (C=O) groups excluding carboxylic acids is 1. The van der Waals surface area contributed by atoms with Crippen molar-refractivity contribution in [3.8, 4) is 0 Å². The zero-order chi connectivity index (χ0) is 22.7. The number of benzene rings is 2. The highest BCUT2D eigenvalue weighted by atomic mass is 35.5. The number of nitrogens with zero attached hydrogens (tertiary/aromatic N) is 3. The van der Waals surface area contributed by atoms with E-state index in [4.69, 9.17) is 28.9 Å². The van der Waals surface area contributed by atoms with Crippen molar-refractivity contribution in [2.45, 2.75) is 20.0 Å². The highest BCUT2D eigenvalue weighted by Gasteiger charge is 2.16. The summed E-state index contributed by atoms with van der Waals surface area (Å²) in [5, 5.41) is 15.5. The number of nitrogens with two attached hydrogens (primary N) is 1. The number of aromatic nitrogens is 3. The summed E-state index contributed by atoms with van der Waals surface area (Å²) >= 11 is 12.5. The molecule has 4 N–H and O–H groups in total. The van der Waals surface area contributed by atoms with Crippen LogP contribution in [0.25, 0.3) is 10.9 Å². The van der Waals surface area contributed by atoms with Crippen LogP contribution in [0.15, 0.2) is 47.1 Å². The summed E-state index contributed by atoms with van der Waals surface area (Å²) in [6.45, 7) is 4.37. The molecule has 1 amide bonds. The van der Waals surface area contributed by atoms with E-state index in [2.05, 4.69) is 49.2 Å². The van der Waals surface area contributed by atoms with Crippen LogP contribution in [0.5, 0.6) is 0 Å². The van der Waals surface area contributed by atoms with E-state index in [0.717, 1.165) is 16.8 Å². The fourth-order valence-electron chi connectivity index (χ4n) is 3.66. The van der Waals surface area contributed by atoms with Crippen molar-refractivity contribution >= 4 is 45.8 Å². The number of hydrogen-bond donors (Lipinski definition) is 3. The van der Waals surface area contributed by atoms with Gasteiger partial charge in [-0.2, -0.15) is 0 Å². The molecule has 0 aliphatic carbocycles. The van der Waals surface area contributed by atoms with Crippen LogP contribution in [-0.2, 0) is 13.1 Å². The van der Waals surface area contributed by atoms with E-state index in [1.807, 2.05) is 24.3 Å². The lowest BCUT2D eigenvalue weighted by Crippen LogP contribution is -2.32. The average molecular weight is 473 g/mol. The van der Waals surface area contributed by atoms with Gasteiger partial charge in [0, 0.05) is 52.8 Å². The van der Waals surface area contributed by atoms with Crippen LogP contribution in [0, 0.1) is 6.92 Å². The van der Waals surface area contributed by atoms with Crippen molar-refractivity contribution in [3.05, 3.63) is 75.0 Å². The summed E-state index contributed by atoms with van der Waals surface area (Å²) in [6, 6.07) is 13.8. The molecule has 0 fully saturated rings. The van der Waals surface area contributed by atoms with Crippen molar-refractivity contribution in [1.82, 2.24) is 25.5 Å². The smallest absolute Gasteiger partial charge is 0.277 e. The minimum absolute atomic E-state index is 0.00947. The number of hydrogen-bond acceptors (Lipinski definition) is 6. The Kier molecular flexibility index (Phi) is 6.64. The van der Waals surface area contributed by atoms with Crippen LogP contribution < -0.4 is 16.4 Å². The number of rotatable bonds is 8. The maximum Gasteiger partial charge on any atom is 0.277 e. The molecular formula is C22H22Cl2N6O2. The van der Waals surface area contributed by atoms with Crippen molar-refractivity contribution in [2.75, 3.05) is 18.8 Å². The molecule has 0 aliphatic rings. The maximum absolute atomic E-state index is 12.0. The van der Waals surface area contributed by atoms with Gasteiger partial charge in [-0.3, -0.25) is 4.79 Å². The van der Waals surface area contributed by atoms with E-state index in [0.29, 0.717) is 36.2 Å². The second kappa shape index (κ2) is 9.60. The van der Waals surface area contributed by atoms with Gasteiger partial charge >= 0.3 is 0 Å². The third kappa shape index (κ3) is 4.57. The molecule has 0 radical (unpaired) electrons. The van der Waals surface area contributed by atoms with E-state index in [1.165, 1.54) is 10.9 Å². The average Bonchev–Trinajstić information content (AvgIpc) is 3.31. The van der Waals surface area contributed by atoms with E-state index >= 15 is 0 Å². The van der Waals surface area contributed by atoms with Crippen molar-refractivity contribution in [1.29, 1.82) is 0 Å². The Bertz CT molecular complexity index is 1270. The Balaban J connectivity index is 1.44. The van der Waals surface area contributed by atoms with Gasteiger partial charge in [0.25, 0.3) is 5.91 Å². The second-order valence-electron chi connectivity index (χ2n) is 7.33. The van der Waals surface area contributed by atoms with E-state index < -0.39 is 5.91 Å². The number of halogens is 2. The quantitative estimate of drug-likeness (QED) is 0.336. The van der Waals surface area contributed by atoms with Crippen LogP contribution in [0.2, 0.25) is 10.0 Å². The molecule has 0 aliphatic heterocycles. The highest BCUT2D eigenvalue weighted by molar-refractivity contribution is 6.35. The fourth-order valence-corrected chi connectivity index (χ4v) is 4.13. The minimum atomic E-state index is -0.418. The van der Waals surface area contributed by atoms with Gasteiger partial charge in [-0.1, -0.05) is 47.5 Å². The number of amides is 1. The first kappa shape index (κ1) is 22.1. The largest absolute Gasteiger partial charge is 0.379 e. The zero-order valence-electron chi connectivity index (χ0n) is 17.4. The molecule has 10 heteroatoms. The highest BCUT2D eigenvalue weighted by Crippen LogP contribution is 2.29. The maximum atomic E-state index is 12.0. The van der Waals surface area contributed by atoms with E-state index in [9.17, 15) is 4.79 Å². The first-order chi connectivity index (χ1) is 15.5. The molecule has 32 heavy (non-hydrogen) atoms. The van der Waals surface area contributed by atoms with Gasteiger partial charge < -0.3 is 20.9 Å². The standard InChI is InChI=1S/C22H22Cl2N6O2/c1-13-17(11-26-8-9-27-22(31)20-21(25)29-32-28-20)16-4-2-3-5-19(16)30(13)12-14-6-7-15(23)10-18(14)24/h2-7,10,26H,8-9,11-12H2,1H3,(H2,25,29)(H,27,31). The molecular weight excluding hydrogens is 451 g/mol. The molecule has 2 heterocycles. The Morgan fingerprint density at radius 2 is 1.97 bits per heavy atom. The third-order valence-corrected chi connectivity index (χ3v) is 5.91. The number of nitrogens with one attached hydrogen (secondary N) is 2. The molecule has 4 rings (SSSR count). The van der Waals surface area contributed by atoms with E-state index in [-0.39, 0.29) is 11.5 Å². The van der Waals surface area contributed by atoms with Gasteiger partial charge in [0.2, 0.25) is 11.5 Å². The molecule has 0 spiro atoms. The normalized spacial score (nSPS) is 11.2. The SMILES string of the molecule is Cc1c(CNCCNC(=O)c2nonc2N)c2ccccc2n1Cc1ccc(Cl)cc1Cl. The van der Waals surface area contributed by atoms with Crippen molar-refractivity contribution in [3.63, 3.8) is 0 Å². The van der Waals surface area contributed by atoms with E-state index in [1.54, 1.807) is 6.07 Å². The Morgan fingerprint density at radius 1 is 1.16 bits per heavy atom. The second-order valence-corrected chi connectivity index (χ2v) is 8.18. The Morgan fingerprint density at radius 3 is 2.72 bits per heavy atom.